The molecule has 4 nitrogen and oxygen atoms in total. The number of methoxy groups -OCH3 is 1. The molecule has 0 radical (unpaired) electrons. The first-order valence-corrected chi connectivity index (χ1v) is 13.8. The molecule has 0 bridgehead atoms. The lowest BCUT2D eigenvalue weighted by atomic mass is 10.2. The van der Waals surface area contributed by atoms with Gasteiger partial charge in [-0.15, -0.1) is 11.3 Å². The van der Waals surface area contributed by atoms with Crippen molar-refractivity contribution in [3.8, 4) is 17.2 Å². The molecule has 0 saturated heterocycles. The number of anilines is 1. The molecule has 0 saturated carbocycles. The van der Waals surface area contributed by atoms with Gasteiger partial charge in [-0.25, -0.2) is 0 Å². The first kappa shape index (κ1) is 22.9. The SMILES string of the molecule is COc1c([Si](C)(C)C)csc1C(=O)Nc1ccc(Oc2cccc(C(F)(F)F)c2)cc1. The first-order chi connectivity index (χ1) is 14.5. The lowest BCUT2D eigenvalue weighted by molar-refractivity contribution is -0.137. The maximum Gasteiger partial charge on any atom is 0.416 e. The van der Waals surface area contributed by atoms with Crippen LogP contribution in [0.5, 0.6) is 17.2 Å². The molecule has 9 heteroatoms. The fourth-order valence-electron chi connectivity index (χ4n) is 2.89. The van der Waals surface area contributed by atoms with Crippen LogP contribution in [0, 0.1) is 0 Å². The molecule has 0 spiro atoms. The van der Waals surface area contributed by atoms with E-state index < -0.39 is 19.8 Å². The van der Waals surface area contributed by atoms with Crippen molar-refractivity contribution in [3.05, 3.63) is 64.4 Å². The summed E-state index contributed by atoms with van der Waals surface area (Å²) < 4.78 is 49.5. The normalized spacial score (nSPS) is 11.8. The number of amides is 1. The van der Waals surface area contributed by atoms with Gasteiger partial charge in [0.1, 0.15) is 22.1 Å². The average Bonchev–Trinajstić information content (AvgIpc) is 3.14. The molecule has 0 fully saturated rings. The highest BCUT2D eigenvalue weighted by Gasteiger charge is 2.30. The van der Waals surface area contributed by atoms with Crippen LogP contribution in [0.1, 0.15) is 15.2 Å². The van der Waals surface area contributed by atoms with Crippen LogP contribution >= 0.6 is 11.3 Å². The van der Waals surface area contributed by atoms with Crippen LogP contribution in [0.15, 0.2) is 53.9 Å². The molecule has 2 aromatic carbocycles. The van der Waals surface area contributed by atoms with Crippen molar-refractivity contribution in [2.45, 2.75) is 25.8 Å². The quantitative estimate of drug-likeness (QED) is 0.431. The molecule has 164 valence electrons. The number of thiophene rings is 1. The predicted octanol–water partition coefficient (Wildman–Crippen LogP) is 6.37. The summed E-state index contributed by atoms with van der Waals surface area (Å²) in [5, 5.41) is 5.89. The second-order valence-corrected chi connectivity index (χ2v) is 13.8. The largest absolute Gasteiger partial charge is 0.495 e. The molecule has 0 aliphatic carbocycles. The topological polar surface area (TPSA) is 47.6 Å². The second-order valence-electron chi connectivity index (χ2n) is 7.87. The Labute approximate surface area is 183 Å². The van der Waals surface area contributed by atoms with E-state index in [1.807, 2.05) is 5.38 Å². The van der Waals surface area contributed by atoms with E-state index >= 15 is 0 Å². The Morgan fingerprint density at radius 3 is 2.29 bits per heavy atom. The molecular weight excluding hydrogens is 443 g/mol. The number of rotatable bonds is 6. The molecule has 1 N–H and O–H groups in total. The molecule has 1 heterocycles. The third-order valence-corrected chi connectivity index (χ3v) is 7.63. The van der Waals surface area contributed by atoms with Crippen molar-refractivity contribution < 1.29 is 27.4 Å². The Morgan fingerprint density at radius 1 is 1.03 bits per heavy atom. The van der Waals surface area contributed by atoms with E-state index in [1.165, 1.54) is 23.5 Å². The van der Waals surface area contributed by atoms with Gasteiger partial charge in [-0.2, -0.15) is 13.2 Å². The van der Waals surface area contributed by atoms with Gasteiger partial charge in [0.05, 0.1) is 20.7 Å². The Morgan fingerprint density at radius 2 is 1.71 bits per heavy atom. The van der Waals surface area contributed by atoms with E-state index in [0.29, 0.717) is 22.1 Å². The predicted molar refractivity (Wildman–Crippen MR) is 120 cm³/mol. The van der Waals surface area contributed by atoms with Crippen LogP contribution in [0.25, 0.3) is 0 Å². The Kier molecular flexibility index (Phi) is 6.47. The minimum atomic E-state index is -4.44. The van der Waals surface area contributed by atoms with E-state index in [0.717, 1.165) is 17.3 Å². The number of ether oxygens (including phenoxy) is 2. The van der Waals surface area contributed by atoms with Crippen molar-refractivity contribution >= 4 is 36.2 Å². The fourth-order valence-corrected chi connectivity index (χ4v) is 6.28. The van der Waals surface area contributed by atoms with E-state index in [2.05, 4.69) is 25.0 Å². The van der Waals surface area contributed by atoms with E-state index in [-0.39, 0.29) is 11.7 Å². The summed E-state index contributed by atoms with van der Waals surface area (Å²) in [7, 11) is -0.100. The van der Waals surface area contributed by atoms with Gasteiger partial charge in [0.25, 0.3) is 5.91 Å². The van der Waals surface area contributed by atoms with Gasteiger partial charge in [-0.1, -0.05) is 25.7 Å². The van der Waals surface area contributed by atoms with Gasteiger partial charge in [-0.05, 0) is 53.0 Å². The van der Waals surface area contributed by atoms with Crippen LogP contribution in [-0.2, 0) is 6.18 Å². The zero-order valence-electron chi connectivity index (χ0n) is 17.5. The Hall–Kier alpha value is -2.78. The minimum absolute atomic E-state index is 0.0776. The summed E-state index contributed by atoms with van der Waals surface area (Å²) in [6.45, 7) is 6.55. The van der Waals surface area contributed by atoms with Crippen LogP contribution in [0.4, 0.5) is 18.9 Å². The molecular formula is C22H22F3NO3SSi. The summed E-state index contributed by atoms with van der Waals surface area (Å²) in [6, 6.07) is 11.1. The molecule has 1 aromatic heterocycles. The molecule has 31 heavy (non-hydrogen) atoms. The number of carbonyl (C=O) groups excluding carboxylic acids is 1. The summed E-state index contributed by atoms with van der Waals surface area (Å²) in [6.07, 6.45) is -4.44. The number of hydrogen-bond acceptors (Lipinski definition) is 4. The van der Waals surface area contributed by atoms with Gasteiger partial charge in [0.15, 0.2) is 0 Å². The van der Waals surface area contributed by atoms with Gasteiger partial charge in [0, 0.05) is 5.69 Å². The van der Waals surface area contributed by atoms with Crippen LogP contribution in [0.3, 0.4) is 0 Å². The minimum Gasteiger partial charge on any atom is -0.495 e. The standard InChI is InChI=1S/C22H22F3NO3SSi/c1-28-19-18(31(2,3)4)13-30-20(19)21(27)26-15-8-10-16(11-9-15)29-17-7-5-6-14(12-17)22(23,24)25/h5-13H,1-4H3,(H,26,27). The maximum absolute atomic E-state index is 12.8. The fraction of sp³-hybridized carbons (Fsp3) is 0.227. The molecule has 3 rings (SSSR count). The Bertz CT molecular complexity index is 1070. The van der Waals surface area contributed by atoms with Crippen LogP contribution in [0.2, 0.25) is 19.6 Å². The lowest BCUT2D eigenvalue weighted by Gasteiger charge is -2.17. The van der Waals surface area contributed by atoms with E-state index in [4.69, 9.17) is 9.47 Å². The van der Waals surface area contributed by atoms with Crippen molar-refractivity contribution in [2.24, 2.45) is 0 Å². The lowest BCUT2D eigenvalue weighted by Crippen LogP contribution is -2.37. The molecule has 0 unspecified atom stereocenters. The van der Waals surface area contributed by atoms with Gasteiger partial charge in [-0.3, -0.25) is 4.79 Å². The molecule has 1 amide bonds. The molecule has 3 aromatic rings. The van der Waals surface area contributed by atoms with Crippen molar-refractivity contribution in [3.63, 3.8) is 0 Å². The zero-order chi connectivity index (χ0) is 22.8. The number of benzene rings is 2. The molecule has 0 aliphatic heterocycles. The zero-order valence-corrected chi connectivity index (χ0v) is 19.3. The third kappa shape index (κ3) is 5.48. The van der Waals surface area contributed by atoms with Crippen molar-refractivity contribution in [2.75, 3.05) is 12.4 Å². The van der Waals surface area contributed by atoms with Gasteiger partial charge >= 0.3 is 6.18 Å². The van der Waals surface area contributed by atoms with Crippen molar-refractivity contribution in [1.82, 2.24) is 0 Å². The number of alkyl halides is 3. The van der Waals surface area contributed by atoms with Crippen molar-refractivity contribution in [1.29, 1.82) is 0 Å². The van der Waals surface area contributed by atoms with E-state index in [9.17, 15) is 18.0 Å². The number of hydrogen-bond donors (Lipinski definition) is 1. The summed E-state index contributed by atoms with van der Waals surface area (Å²) >= 11 is 1.34. The molecule has 0 atom stereocenters. The Balaban J connectivity index is 1.72. The monoisotopic (exact) mass is 465 g/mol. The summed E-state index contributed by atoms with van der Waals surface area (Å²) in [5.41, 5.74) is -0.247. The number of halogens is 3. The van der Waals surface area contributed by atoms with Crippen LogP contribution in [-0.4, -0.2) is 21.1 Å². The molecule has 0 aliphatic rings. The van der Waals surface area contributed by atoms with Gasteiger partial charge < -0.3 is 14.8 Å². The van der Waals surface area contributed by atoms with Crippen LogP contribution < -0.4 is 20.0 Å². The second kappa shape index (κ2) is 8.76. The maximum atomic E-state index is 12.8. The average molecular weight is 466 g/mol. The van der Waals surface area contributed by atoms with E-state index in [1.54, 1.807) is 31.4 Å². The highest BCUT2D eigenvalue weighted by atomic mass is 32.1. The van der Waals surface area contributed by atoms with Gasteiger partial charge in [0.2, 0.25) is 0 Å². The number of carbonyl (C=O) groups is 1. The third-order valence-electron chi connectivity index (χ3n) is 4.47. The summed E-state index contributed by atoms with van der Waals surface area (Å²) in [4.78, 5) is 13.2. The highest BCUT2D eigenvalue weighted by molar-refractivity contribution is 7.15. The summed E-state index contributed by atoms with van der Waals surface area (Å²) in [5.74, 6) is 0.768. The number of nitrogens with one attached hydrogen (secondary N) is 1. The first-order valence-electron chi connectivity index (χ1n) is 9.41. The highest BCUT2D eigenvalue weighted by Crippen LogP contribution is 2.33. The smallest absolute Gasteiger partial charge is 0.416 e.